The average Bonchev–Trinajstić information content (AvgIpc) is 2.33. The predicted octanol–water partition coefficient (Wildman–Crippen LogP) is 2.34. The van der Waals surface area contributed by atoms with E-state index >= 15 is 0 Å². The number of benzene rings is 2. The third-order valence-corrected chi connectivity index (χ3v) is 1.74. The molecular weight excluding hydrogens is 210 g/mol. The number of nitrogens with two attached hydrogens (primary N) is 2. The van der Waals surface area contributed by atoms with Crippen molar-refractivity contribution in [1.82, 2.24) is 5.43 Å². The molecular formula is C14H21N3. The van der Waals surface area contributed by atoms with Gasteiger partial charge < -0.3 is 5.73 Å². The second-order valence-electron chi connectivity index (χ2n) is 3.35. The van der Waals surface area contributed by atoms with Gasteiger partial charge in [0.1, 0.15) is 0 Å². The van der Waals surface area contributed by atoms with E-state index in [0.717, 1.165) is 5.69 Å². The summed E-state index contributed by atoms with van der Waals surface area (Å²) in [5.74, 6) is 4.60. The number of nitrogen functional groups attached to an aromatic ring is 1. The fraction of sp³-hybridized carbons (Fsp3) is 0.143. The molecule has 0 radical (unpaired) electrons. The normalized spacial score (nSPS) is 8.18. The van der Waals surface area contributed by atoms with Crippen LogP contribution >= 0.6 is 0 Å². The lowest BCUT2D eigenvalue weighted by Gasteiger charge is -1.83. The summed E-state index contributed by atoms with van der Waals surface area (Å²) in [6, 6.07) is 19.7. The lowest BCUT2D eigenvalue weighted by atomic mass is 10.2. The molecule has 17 heavy (non-hydrogen) atoms. The molecule has 0 amide bonds. The van der Waals surface area contributed by atoms with Crippen LogP contribution in [0.25, 0.3) is 0 Å². The molecule has 2 aromatic carbocycles. The largest absolute Gasteiger partial charge is 0.399 e. The Morgan fingerprint density at radius 3 is 1.35 bits per heavy atom. The molecule has 0 aliphatic rings. The lowest BCUT2D eigenvalue weighted by molar-refractivity contribution is 0.900. The summed E-state index contributed by atoms with van der Waals surface area (Å²) >= 11 is 0. The van der Waals surface area contributed by atoms with Gasteiger partial charge in [0.25, 0.3) is 0 Å². The van der Waals surface area contributed by atoms with Gasteiger partial charge in [-0.1, -0.05) is 54.1 Å². The Morgan fingerprint density at radius 2 is 1.18 bits per heavy atom. The van der Waals surface area contributed by atoms with Gasteiger partial charge in [0.2, 0.25) is 0 Å². The van der Waals surface area contributed by atoms with Crippen molar-refractivity contribution in [2.75, 3.05) is 12.8 Å². The molecule has 0 unspecified atom stereocenters. The summed E-state index contributed by atoms with van der Waals surface area (Å²) < 4.78 is 0. The zero-order valence-electron chi connectivity index (χ0n) is 10.4. The highest BCUT2D eigenvalue weighted by Gasteiger charge is 1.72. The average molecular weight is 231 g/mol. The number of rotatable bonds is 0. The Labute approximate surface area is 103 Å². The molecule has 2 rings (SSSR count). The minimum Gasteiger partial charge on any atom is -0.399 e. The zero-order chi connectivity index (χ0) is 12.9. The summed E-state index contributed by atoms with van der Waals surface area (Å²) in [7, 11) is 1.65. The quantitative estimate of drug-likeness (QED) is 0.370. The van der Waals surface area contributed by atoms with Crippen molar-refractivity contribution in [3.05, 3.63) is 66.2 Å². The number of anilines is 1. The molecule has 0 spiro atoms. The molecule has 0 aliphatic carbocycles. The number of para-hydroxylation sites is 1. The number of hydrogen-bond acceptors (Lipinski definition) is 3. The molecule has 5 N–H and O–H groups in total. The van der Waals surface area contributed by atoms with Crippen LogP contribution in [0.2, 0.25) is 0 Å². The molecule has 0 saturated heterocycles. The highest BCUT2D eigenvalue weighted by atomic mass is 15.2. The van der Waals surface area contributed by atoms with Crippen molar-refractivity contribution in [3.63, 3.8) is 0 Å². The highest BCUT2D eigenvalue weighted by molar-refractivity contribution is 5.35. The van der Waals surface area contributed by atoms with E-state index in [4.69, 9.17) is 5.73 Å². The van der Waals surface area contributed by atoms with Gasteiger partial charge >= 0.3 is 0 Å². The van der Waals surface area contributed by atoms with Gasteiger partial charge in [-0.05, 0) is 26.1 Å². The van der Waals surface area contributed by atoms with Crippen LogP contribution in [0.3, 0.4) is 0 Å². The SMILES string of the molecule is CNN.Cc1ccccc1.Nc1ccccc1. The number of nitrogens with one attached hydrogen (secondary N) is 1. The molecule has 3 nitrogen and oxygen atoms in total. The first kappa shape index (κ1) is 15.2. The molecule has 0 saturated carbocycles. The topological polar surface area (TPSA) is 64.1 Å². The molecule has 2 aromatic rings. The van der Waals surface area contributed by atoms with E-state index in [-0.39, 0.29) is 0 Å². The van der Waals surface area contributed by atoms with Gasteiger partial charge in [-0.3, -0.25) is 11.3 Å². The molecule has 92 valence electrons. The van der Waals surface area contributed by atoms with Gasteiger partial charge in [0.15, 0.2) is 0 Å². The number of aryl methyl sites for hydroxylation is 1. The molecule has 0 aromatic heterocycles. The fourth-order valence-corrected chi connectivity index (χ4v) is 0.987. The Morgan fingerprint density at radius 1 is 0.824 bits per heavy atom. The minimum absolute atomic E-state index is 0.822. The molecule has 3 heteroatoms. The third-order valence-electron chi connectivity index (χ3n) is 1.74. The van der Waals surface area contributed by atoms with E-state index in [1.54, 1.807) is 7.05 Å². The van der Waals surface area contributed by atoms with Crippen LogP contribution < -0.4 is 17.0 Å². The first-order chi connectivity index (χ1) is 8.20. The Bertz CT molecular complexity index is 322. The van der Waals surface area contributed by atoms with Gasteiger partial charge in [0.05, 0.1) is 0 Å². The summed E-state index contributed by atoms with van der Waals surface area (Å²) in [6.45, 7) is 2.08. The Hall–Kier alpha value is -1.84. The van der Waals surface area contributed by atoms with E-state index in [0.29, 0.717) is 0 Å². The van der Waals surface area contributed by atoms with Gasteiger partial charge in [-0.15, -0.1) is 0 Å². The lowest BCUT2D eigenvalue weighted by Crippen LogP contribution is -2.13. The molecule has 0 fully saturated rings. The third kappa shape index (κ3) is 10.4. The maximum Gasteiger partial charge on any atom is 0.0313 e. The van der Waals surface area contributed by atoms with E-state index < -0.39 is 0 Å². The molecule has 0 aliphatic heterocycles. The van der Waals surface area contributed by atoms with Crippen LogP contribution in [0.1, 0.15) is 5.56 Å². The van der Waals surface area contributed by atoms with Crippen LogP contribution in [0.15, 0.2) is 60.7 Å². The maximum atomic E-state index is 5.36. The minimum atomic E-state index is 0.822. The van der Waals surface area contributed by atoms with E-state index in [1.165, 1.54) is 5.56 Å². The second kappa shape index (κ2) is 10.7. The molecule has 0 atom stereocenters. The van der Waals surface area contributed by atoms with Crippen LogP contribution in [0.4, 0.5) is 5.69 Å². The standard InChI is InChI=1S/C7H8.C6H7N.CH6N2/c1-7-5-3-2-4-6-7;7-6-4-2-1-3-5-6;1-3-2/h2-6H,1H3;1-5H,7H2;3H,2H2,1H3. The van der Waals surface area contributed by atoms with Crippen molar-refractivity contribution in [3.8, 4) is 0 Å². The van der Waals surface area contributed by atoms with E-state index in [9.17, 15) is 0 Å². The van der Waals surface area contributed by atoms with Gasteiger partial charge in [-0.25, -0.2) is 0 Å². The number of hydrogen-bond donors (Lipinski definition) is 3. The monoisotopic (exact) mass is 231 g/mol. The first-order valence-electron chi connectivity index (χ1n) is 5.40. The fourth-order valence-electron chi connectivity index (χ4n) is 0.987. The maximum absolute atomic E-state index is 5.36. The first-order valence-corrected chi connectivity index (χ1v) is 5.40. The number of hydrazine groups is 1. The zero-order valence-corrected chi connectivity index (χ0v) is 10.4. The van der Waals surface area contributed by atoms with Crippen molar-refractivity contribution < 1.29 is 0 Å². The summed E-state index contributed by atoms with van der Waals surface area (Å²) in [5.41, 5.74) is 9.75. The smallest absolute Gasteiger partial charge is 0.0313 e. The van der Waals surface area contributed by atoms with Gasteiger partial charge in [-0.2, -0.15) is 0 Å². The molecule has 0 heterocycles. The van der Waals surface area contributed by atoms with E-state index in [2.05, 4.69) is 30.3 Å². The van der Waals surface area contributed by atoms with Crippen LogP contribution in [-0.4, -0.2) is 7.05 Å². The van der Waals surface area contributed by atoms with Crippen molar-refractivity contribution >= 4 is 5.69 Å². The van der Waals surface area contributed by atoms with E-state index in [1.807, 2.05) is 48.5 Å². The van der Waals surface area contributed by atoms with Crippen LogP contribution in [-0.2, 0) is 0 Å². The van der Waals surface area contributed by atoms with Gasteiger partial charge in [0, 0.05) is 5.69 Å². The van der Waals surface area contributed by atoms with Crippen molar-refractivity contribution in [2.45, 2.75) is 6.92 Å². The highest BCUT2D eigenvalue weighted by Crippen LogP contribution is 1.95. The summed E-state index contributed by atoms with van der Waals surface area (Å²) in [6.07, 6.45) is 0. The van der Waals surface area contributed by atoms with Crippen molar-refractivity contribution in [2.24, 2.45) is 5.84 Å². The Balaban J connectivity index is 0.000000247. The second-order valence-corrected chi connectivity index (χ2v) is 3.35. The summed E-state index contributed by atoms with van der Waals surface area (Å²) in [5, 5.41) is 0. The van der Waals surface area contributed by atoms with Crippen LogP contribution in [0.5, 0.6) is 0 Å². The predicted molar refractivity (Wildman–Crippen MR) is 75.3 cm³/mol. The van der Waals surface area contributed by atoms with Crippen molar-refractivity contribution in [1.29, 1.82) is 0 Å². The van der Waals surface area contributed by atoms with Crippen LogP contribution in [0, 0.1) is 6.92 Å². The Kier molecular flexibility index (Phi) is 9.52. The summed E-state index contributed by atoms with van der Waals surface area (Å²) in [4.78, 5) is 0. The molecule has 0 bridgehead atoms.